The van der Waals surface area contributed by atoms with Crippen LogP contribution in [-0.4, -0.2) is 42.4 Å². The molecule has 1 fully saturated rings. The molecule has 0 aliphatic carbocycles. The normalized spacial score (nSPS) is 20.6. The number of amides is 2. The van der Waals surface area contributed by atoms with E-state index in [1.165, 1.54) is 0 Å². The lowest BCUT2D eigenvalue weighted by Crippen LogP contribution is -2.49. The molecule has 0 radical (unpaired) electrons. The Labute approximate surface area is 122 Å². The Morgan fingerprint density at radius 3 is 2.75 bits per heavy atom. The van der Waals surface area contributed by atoms with Crippen LogP contribution in [-0.2, 0) is 9.59 Å². The van der Waals surface area contributed by atoms with Crippen molar-refractivity contribution in [2.75, 3.05) is 19.6 Å². The van der Waals surface area contributed by atoms with Crippen LogP contribution in [0.15, 0.2) is 0 Å². The van der Waals surface area contributed by atoms with Crippen LogP contribution >= 0.6 is 0 Å². The van der Waals surface area contributed by atoms with Gasteiger partial charge in [-0.15, -0.1) is 0 Å². The summed E-state index contributed by atoms with van der Waals surface area (Å²) in [5.41, 5.74) is 5.90. The Morgan fingerprint density at radius 2 is 2.10 bits per heavy atom. The Kier molecular flexibility index (Phi) is 7.59. The summed E-state index contributed by atoms with van der Waals surface area (Å²) in [6.45, 7) is 6.23. The van der Waals surface area contributed by atoms with Crippen LogP contribution in [0.5, 0.6) is 0 Å². The first-order valence-corrected chi connectivity index (χ1v) is 7.89. The summed E-state index contributed by atoms with van der Waals surface area (Å²) in [6, 6.07) is -0.367. The van der Waals surface area contributed by atoms with E-state index in [0.29, 0.717) is 18.9 Å². The molecule has 1 saturated heterocycles. The van der Waals surface area contributed by atoms with Gasteiger partial charge in [0.25, 0.3) is 0 Å². The van der Waals surface area contributed by atoms with Gasteiger partial charge in [-0.3, -0.25) is 9.59 Å². The quantitative estimate of drug-likeness (QED) is 0.739. The minimum absolute atomic E-state index is 0.0661. The number of likely N-dealkylation sites (tertiary alicyclic amines) is 1. The molecule has 0 aromatic carbocycles. The zero-order chi connectivity index (χ0) is 15.0. The van der Waals surface area contributed by atoms with E-state index in [0.717, 1.165) is 45.2 Å². The maximum absolute atomic E-state index is 12.2. The van der Waals surface area contributed by atoms with Crippen molar-refractivity contribution < 1.29 is 9.59 Å². The minimum Gasteiger partial charge on any atom is -0.356 e. The molecule has 3 N–H and O–H groups in total. The van der Waals surface area contributed by atoms with E-state index >= 15 is 0 Å². The van der Waals surface area contributed by atoms with Crippen molar-refractivity contribution in [1.82, 2.24) is 10.2 Å². The minimum atomic E-state index is -0.367. The molecular weight excluding hydrogens is 254 g/mol. The van der Waals surface area contributed by atoms with Gasteiger partial charge in [0.05, 0.1) is 6.04 Å². The molecule has 2 unspecified atom stereocenters. The SMILES string of the molecule is CCCC(=O)NCC1CCCN(C(=O)C(N)CCC)C1. The van der Waals surface area contributed by atoms with Gasteiger partial charge in [-0.1, -0.05) is 20.3 Å². The summed E-state index contributed by atoms with van der Waals surface area (Å²) in [7, 11) is 0. The summed E-state index contributed by atoms with van der Waals surface area (Å²) in [5.74, 6) is 0.539. The summed E-state index contributed by atoms with van der Waals surface area (Å²) >= 11 is 0. The van der Waals surface area contributed by atoms with Crippen LogP contribution < -0.4 is 11.1 Å². The molecule has 20 heavy (non-hydrogen) atoms. The predicted octanol–water partition coefficient (Wildman–Crippen LogP) is 1.27. The van der Waals surface area contributed by atoms with Gasteiger partial charge in [-0.2, -0.15) is 0 Å². The topological polar surface area (TPSA) is 75.4 Å². The van der Waals surface area contributed by atoms with Gasteiger partial charge in [0, 0.05) is 26.1 Å². The monoisotopic (exact) mass is 283 g/mol. The van der Waals surface area contributed by atoms with Crippen molar-refractivity contribution in [2.24, 2.45) is 11.7 Å². The number of hydrogen-bond acceptors (Lipinski definition) is 3. The number of nitrogens with one attached hydrogen (secondary N) is 1. The maximum Gasteiger partial charge on any atom is 0.239 e. The van der Waals surface area contributed by atoms with Gasteiger partial charge in [0.1, 0.15) is 0 Å². The first kappa shape index (κ1) is 17.0. The molecule has 0 spiro atoms. The molecule has 1 aliphatic heterocycles. The molecule has 5 heteroatoms. The molecule has 2 amide bonds. The van der Waals surface area contributed by atoms with E-state index in [1.54, 1.807) is 0 Å². The standard InChI is InChI=1S/C15H29N3O2/c1-3-6-13(16)15(20)18-9-5-8-12(11-18)10-17-14(19)7-4-2/h12-13H,3-11,16H2,1-2H3,(H,17,19). The third-order valence-electron chi connectivity index (χ3n) is 3.81. The second-order valence-electron chi connectivity index (χ2n) is 5.74. The molecule has 0 saturated carbocycles. The van der Waals surface area contributed by atoms with Crippen LogP contribution in [0, 0.1) is 5.92 Å². The highest BCUT2D eigenvalue weighted by Crippen LogP contribution is 2.17. The smallest absolute Gasteiger partial charge is 0.239 e. The average Bonchev–Trinajstić information content (AvgIpc) is 2.45. The molecule has 1 aliphatic rings. The Bertz CT molecular complexity index is 320. The highest BCUT2D eigenvalue weighted by atomic mass is 16.2. The van der Waals surface area contributed by atoms with Crippen molar-refractivity contribution in [3.63, 3.8) is 0 Å². The fourth-order valence-corrected chi connectivity index (χ4v) is 2.67. The van der Waals surface area contributed by atoms with Gasteiger partial charge < -0.3 is 16.0 Å². The Morgan fingerprint density at radius 1 is 1.35 bits per heavy atom. The number of nitrogens with two attached hydrogens (primary N) is 1. The number of nitrogens with zero attached hydrogens (tertiary/aromatic N) is 1. The number of hydrogen-bond donors (Lipinski definition) is 2. The number of carbonyl (C=O) groups is 2. The third kappa shape index (κ3) is 5.49. The molecule has 2 atom stereocenters. The second-order valence-corrected chi connectivity index (χ2v) is 5.74. The van der Waals surface area contributed by atoms with Crippen molar-refractivity contribution in [3.05, 3.63) is 0 Å². The van der Waals surface area contributed by atoms with E-state index < -0.39 is 0 Å². The second kappa shape index (κ2) is 8.95. The predicted molar refractivity (Wildman–Crippen MR) is 80.1 cm³/mol. The number of piperidine rings is 1. The summed E-state index contributed by atoms with van der Waals surface area (Å²) < 4.78 is 0. The van der Waals surface area contributed by atoms with Crippen LogP contribution in [0.25, 0.3) is 0 Å². The summed E-state index contributed by atoms with van der Waals surface area (Å²) in [5, 5.41) is 2.96. The summed E-state index contributed by atoms with van der Waals surface area (Å²) in [6.07, 6.45) is 5.19. The molecule has 0 bridgehead atoms. The van der Waals surface area contributed by atoms with Gasteiger partial charge in [-0.25, -0.2) is 0 Å². The largest absolute Gasteiger partial charge is 0.356 e. The van der Waals surface area contributed by atoms with E-state index in [-0.39, 0.29) is 17.9 Å². The first-order chi connectivity index (χ1) is 9.58. The lowest BCUT2D eigenvalue weighted by molar-refractivity contribution is -0.134. The highest BCUT2D eigenvalue weighted by Gasteiger charge is 2.26. The van der Waals surface area contributed by atoms with Gasteiger partial charge in [-0.05, 0) is 31.6 Å². The molecule has 0 aromatic rings. The first-order valence-electron chi connectivity index (χ1n) is 7.89. The summed E-state index contributed by atoms with van der Waals surface area (Å²) in [4.78, 5) is 25.5. The maximum atomic E-state index is 12.2. The van der Waals surface area contributed by atoms with Crippen LogP contribution in [0.3, 0.4) is 0 Å². The Balaban J connectivity index is 2.38. The van der Waals surface area contributed by atoms with Crippen LogP contribution in [0.1, 0.15) is 52.4 Å². The van der Waals surface area contributed by atoms with E-state index in [9.17, 15) is 9.59 Å². The van der Waals surface area contributed by atoms with Gasteiger partial charge in [0.2, 0.25) is 11.8 Å². The fraction of sp³-hybridized carbons (Fsp3) is 0.867. The number of carbonyl (C=O) groups excluding carboxylic acids is 2. The zero-order valence-electron chi connectivity index (χ0n) is 12.9. The lowest BCUT2D eigenvalue weighted by Gasteiger charge is -2.34. The van der Waals surface area contributed by atoms with Crippen molar-refractivity contribution in [2.45, 2.75) is 58.4 Å². The van der Waals surface area contributed by atoms with Crippen molar-refractivity contribution in [3.8, 4) is 0 Å². The number of rotatable bonds is 7. The van der Waals surface area contributed by atoms with E-state index in [2.05, 4.69) is 5.32 Å². The van der Waals surface area contributed by atoms with E-state index in [1.807, 2.05) is 18.7 Å². The molecule has 5 nitrogen and oxygen atoms in total. The fourth-order valence-electron chi connectivity index (χ4n) is 2.67. The Hall–Kier alpha value is -1.10. The lowest BCUT2D eigenvalue weighted by atomic mass is 9.97. The molecule has 0 aromatic heterocycles. The van der Waals surface area contributed by atoms with Crippen molar-refractivity contribution in [1.29, 1.82) is 0 Å². The molecular formula is C15H29N3O2. The van der Waals surface area contributed by atoms with Crippen molar-refractivity contribution >= 4 is 11.8 Å². The molecule has 116 valence electrons. The molecule has 1 rings (SSSR count). The third-order valence-corrected chi connectivity index (χ3v) is 3.81. The highest BCUT2D eigenvalue weighted by molar-refractivity contribution is 5.81. The van der Waals surface area contributed by atoms with Crippen LogP contribution in [0.4, 0.5) is 0 Å². The van der Waals surface area contributed by atoms with Crippen LogP contribution in [0.2, 0.25) is 0 Å². The average molecular weight is 283 g/mol. The van der Waals surface area contributed by atoms with E-state index in [4.69, 9.17) is 5.73 Å². The zero-order valence-corrected chi connectivity index (χ0v) is 12.9. The van der Waals surface area contributed by atoms with Gasteiger partial charge in [0.15, 0.2) is 0 Å². The molecule has 1 heterocycles. The van der Waals surface area contributed by atoms with Gasteiger partial charge >= 0.3 is 0 Å².